The van der Waals surface area contributed by atoms with E-state index in [0.29, 0.717) is 19.4 Å². The maximum absolute atomic E-state index is 12.2. The third kappa shape index (κ3) is 3.63. The van der Waals surface area contributed by atoms with Crippen molar-refractivity contribution in [1.29, 1.82) is 0 Å². The van der Waals surface area contributed by atoms with Gasteiger partial charge in [0.1, 0.15) is 0 Å². The van der Waals surface area contributed by atoms with Crippen LogP contribution in [-0.2, 0) is 17.6 Å². The van der Waals surface area contributed by atoms with Gasteiger partial charge in [0.2, 0.25) is 5.91 Å². The van der Waals surface area contributed by atoms with Crippen molar-refractivity contribution in [2.45, 2.75) is 25.8 Å². The van der Waals surface area contributed by atoms with Crippen LogP contribution in [-0.4, -0.2) is 28.5 Å². The molecule has 1 aromatic carbocycles. The molecule has 0 fully saturated rings. The van der Waals surface area contributed by atoms with Crippen LogP contribution in [0, 0.1) is 6.92 Å². The number of rotatable bonds is 6. The van der Waals surface area contributed by atoms with E-state index in [2.05, 4.69) is 21.4 Å². The number of nitrogens with one attached hydrogen (secondary N) is 2. The zero-order valence-electron chi connectivity index (χ0n) is 13.8. The minimum Gasteiger partial charge on any atom is -0.358 e. The summed E-state index contributed by atoms with van der Waals surface area (Å²) in [7, 11) is 0. The topological polar surface area (TPSA) is 83.8 Å². The molecule has 0 unspecified atom stereocenters. The molecule has 0 spiro atoms. The maximum atomic E-state index is 12.2. The molecular formula is C19H22N4O. The molecule has 0 saturated heterocycles. The van der Waals surface area contributed by atoms with Crippen LogP contribution in [0.15, 0.2) is 48.7 Å². The Hall–Kier alpha value is -2.66. The Kier molecular flexibility index (Phi) is 4.91. The number of aryl methyl sites for hydroxylation is 1. The van der Waals surface area contributed by atoms with E-state index in [0.717, 1.165) is 27.9 Å². The van der Waals surface area contributed by atoms with Crippen LogP contribution in [0.1, 0.15) is 17.0 Å². The average molecular weight is 322 g/mol. The lowest BCUT2D eigenvalue weighted by Gasteiger charge is -2.12. The Balaban J connectivity index is 1.58. The van der Waals surface area contributed by atoms with Crippen molar-refractivity contribution < 1.29 is 4.79 Å². The molecular weight excluding hydrogens is 300 g/mol. The number of aromatic amines is 1. The molecule has 0 radical (unpaired) electrons. The van der Waals surface area contributed by atoms with E-state index >= 15 is 0 Å². The number of aromatic nitrogens is 2. The number of amides is 1. The van der Waals surface area contributed by atoms with E-state index < -0.39 is 6.04 Å². The molecule has 5 nitrogen and oxygen atoms in total. The molecule has 2 aromatic heterocycles. The first-order chi connectivity index (χ1) is 11.6. The molecule has 124 valence electrons. The minimum absolute atomic E-state index is 0.129. The van der Waals surface area contributed by atoms with Crippen molar-refractivity contribution >= 4 is 16.8 Å². The Morgan fingerprint density at radius 1 is 1.25 bits per heavy atom. The number of hydrogen-bond donors (Lipinski definition) is 3. The molecule has 3 aromatic rings. The lowest BCUT2D eigenvalue weighted by Crippen LogP contribution is -2.42. The summed E-state index contributed by atoms with van der Waals surface area (Å²) in [5.41, 5.74) is 10.3. The summed E-state index contributed by atoms with van der Waals surface area (Å²) in [6.07, 6.45) is 2.97. The fraction of sp³-hybridized carbons (Fsp3) is 0.263. The van der Waals surface area contributed by atoms with Gasteiger partial charge in [-0.3, -0.25) is 9.78 Å². The Labute approximate surface area is 141 Å². The number of H-pyrrole nitrogens is 1. The predicted molar refractivity (Wildman–Crippen MR) is 95.7 cm³/mol. The number of hydrogen-bond acceptors (Lipinski definition) is 3. The summed E-state index contributed by atoms with van der Waals surface area (Å²) in [4.78, 5) is 19.8. The highest BCUT2D eigenvalue weighted by Crippen LogP contribution is 2.22. The van der Waals surface area contributed by atoms with Crippen molar-refractivity contribution in [2.24, 2.45) is 5.73 Å². The highest BCUT2D eigenvalue weighted by Gasteiger charge is 2.17. The second-order valence-electron chi connectivity index (χ2n) is 5.95. The average Bonchev–Trinajstić information content (AvgIpc) is 2.91. The lowest BCUT2D eigenvalue weighted by atomic mass is 10.0. The first kappa shape index (κ1) is 16.2. The number of nitrogens with zero attached hydrogens (tertiary/aromatic N) is 1. The van der Waals surface area contributed by atoms with Crippen LogP contribution in [0.25, 0.3) is 10.9 Å². The lowest BCUT2D eigenvalue weighted by molar-refractivity contribution is -0.122. The van der Waals surface area contributed by atoms with Gasteiger partial charge in [-0.1, -0.05) is 24.3 Å². The Bertz CT molecular complexity index is 826. The molecule has 5 heteroatoms. The second kappa shape index (κ2) is 7.27. The first-order valence-corrected chi connectivity index (χ1v) is 8.14. The van der Waals surface area contributed by atoms with Crippen molar-refractivity contribution in [3.63, 3.8) is 0 Å². The standard InChI is InChI=1S/C19H22N4O/c1-13-16(15-7-2-3-8-18(15)23-13)12-17(20)19(24)22-11-9-14-6-4-5-10-21-14/h2-8,10,17,23H,9,11-12,20H2,1H3,(H,22,24)/t17-/m0/s1. The number of carbonyl (C=O) groups is 1. The Morgan fingerprint density at radius 3 is 2.83 bits per heavy atom. The van der Waals surface area contributed by atoms with Crippen LogP contribution < -0.4 is 11.1 Å². The first-order valence-electron chi connectivity index (χ1n) is 8.14. The van der Waals surface area contributed by atoms with Gasteiger partial charge >= 0.3 is 0 Å². The summed E-state index contributed by atoms with van der Waals surface area (Å²) in [5.74, 6) is -0.129. The number of fused-ring (bicyclic) bond motifs is 1. The van der Waals surface area contributed by atoms with E-state index in [-0.39, 0.29) is 5.91 Å². The number of para-hydroxylation sites is 1. The van der Waals surface area contributed by atoms with E-state index in [9.17, 15) is 4.79 Å². The van der Waals surface area contributed by atoms with E-state index in [1.54, 1.807) is 6.20 Å². The fourth-order valence-electron chi connectivity index (χ4n) is 2.90. The zero-order chi connectivity index (χ0) is 16.9. The van der Waals surface area contributed by atoms with Crippen LogP contribution in [0.5, 0.6) is 0 Å². The zero-order valence-corrected chi connectivity index (χ0v) is 13.8. The minimum atomic E-state index is -0.563. The van der Waals surface area contributed by atoms with Crippen molar-refractivity contribution in [2.75, 3.05) is 6.54 Å². The Morgan fingerprint density at radius 2 is 2.04 bits per heavy atom. The summed E-state index contributed by atoms with van der Waals surface area (Å²) in [5, 5.41) is 4.03. The summed E-state index contributed by atoms with van der Waals surface area (Å²) >= 11 is 0. The molecule has 2 heterocycles. The smallest absolute Gasteiger partial charge is 0.237 e. The van der Waals surface area contributed by atoms with Gasteiger partial charge in [0.25, 0.3) is 0 Å². The van der Waals surface area contributed by atoms with E-state index in [1.165, 1.54) is 0 Å². The van der Waals surface area contributed by atoms with Crippen molar-refractivity contribution in [1.82, 2.24) is 15.3 Å². The molecule has 1 atom stereocenters. The molecule has 24 heavy (non-hydrogen) atoms. The molecule has 3 rings (SSSR count). The van der Waals surface area contributed by atoms with Gasteiger partial charge in [-0.2, -0.15) is 0 Å². The molecule has 1 amide bonds. The molecule has 0 aliphatic rings. The van der Waals surface area contributed by atoms with Gasteiger partial charge in [-0.25, -0.2) is 0 Å². The van der Waals surface area contributed by atoms with E-state index in [1.807, 2.05) is 43.3 Å². The van der Waals surface area contributed by atoms with Gasteiger partial charge in [-0.15, -0.1) is 0 Å². The largest absolute Gasteiger partial charge is 0.358 e. The van der Waals surface area contributed by atoms with Crippen LogP contribution in [0.3, 0.4) is 0 Å². The van der Waals surface area contributed by atoms with Crippen molar-refractivity contribution in [3.05, 3.63) is 65.6 Å². The number of nitrogens with two attached hydrogens (primary N) is 1. The highest BCUT2D eigenvalue weighted by molar-refractivity contribution is 5.87. The summed E-state index contributed by atoms with van der Waals surface area (Å²) < 4.78 is 0. The summed E-state index contributed by atoms with van der Waals surface area (Å²) in [6.45, 7) is 2.55. The van der Waals surface area contributed by atoms with Gasteiger partial charge < -0.3 is 16.0 Å². The van der Waals surface area contributed by atoms with Crippen LogP contribution in [0.4, 0.5) is 0 Å². The third-order valence-corrected chi connectivity index (χ3v) is 4.19. The quantitative estimate of drug-likeness (QED) is 0.650. The molecule has 0 bridgehead atoms. The number of pyridine rings is 1. The molecule has 0 aliphatic carbocycles. The molecule has 0 saturated carbocycles. The van der Waals surface area contributed by atoms with Gasteiger partial charge in [-0.05, 0) is 37.1 Å². The monoisotopic (exact) mass is 322 g/mol. The maximum Gasteiger partial charge on any atom is 0.237 e. The fourth-order valence-corrected chi connectivity index (χ4v) is 2.90. The highest BCUT2D eigenvalue weighted by atomic mass is 16.2. The normalized spacial score (nSPS) is 12.2. The van der Waals surface area contributed by atoms with Crippen molar-refractivity contribution in [3.8, 4) is 0 Å². The third-order valence-electron chi connectivity index (χ3n) is 4.19. The molecule has 0 aliphatic heterocycles. The summed E-state index contributed by atoms with van der Waals surface area (Å²) in [6, 6.07) is 13.3. The predicted octanol–water partition coefficient (Wildman–Crippen LogP) is 2.10. The number of benzene rings is 1. The number of carbonyl (C=O) groups excluding carboxylic acids is 1. The second-order valence-corrected chi connectivity index (χ2v) is 5.95. The molecule has 4 N–H and O–H groups in total. The van der Waals surface area contributed by atoms with Gasteiger partial charge in [0.15, 0.2) is 0 Å². The van der Waals surface area contributed by atoms with Crippen LogP contribution >= 0.6 is 0 Å². The SMILES string of the molecule is Cc1[nH]c2ccccc2c1C[C@H](N)C(=O)NCCc1ccccn1. The van der Waals surface area contributed by atoms with E-state index in [4.69, 9.17) is 5.73 Å². The van der Waals surface area contributed by atoms with Crippen LogP contribution in [0.2, 0.25) is 0 Å². The van der Waals surface area contributed by atoms with Gasteiger partial charge in [0, 0.05) is 41.5 Å². The van der Waals surface area contributed by atoms with Gasteiger partial charge in [0.05, 0.1) is 6.04 Å².